The van der Waals surface area contributed by atoms with Crippen LogP contribution in [0.3, 0.4) is 0 Å². The summed E-state index contributed by atoms with van der Waals surface area (Å²) in [5.74, 6) is 0. The standard InChI is InChI=1S/C48H46B14N2/c49-31-25(33(51)41(59)45-27(31)29-35(53)37(55)39(57)43(61)47(29)63(45)23-15-11-21(12-16-23)19-7-3-1-4-8-19)26-32(50)28-30-36(54)38(56)40(58)44(62)48(30)64(46(28)42(60)34(26)52)24-17-13-22(14-18-24)20-9-5-2-6-10-20/h1-18H,49-62H2. The van der Waals surface area contributed by atoms with Gasteiger partial charge >= 0.3 is 0 Å². The van der Waals surface area contributed by atoms with Crippen molar-refractivity contribution in [3.8, 4) is 44.8 Å². The lowest BCUT2D eigenvalue weighted by Gasteiger charge is -2.24. The Morgan fingerprint density at radius 3 is 0.781 bits per heavy atom. The minimum atomic E-state index is 1.20. The second kappa shape index (κ2) is 15.5. The van der Waals surface area contributed by atoms with E-state index in [2.05, 4.69) is 228 Å². The van der Waals surface area contributed by atoms with Crippen molar-refractivity contribution >= 4 is 230 Å². The first-order chi connectivity index (χ1) is 30.6. The maximum atomic E-state index is 2.59. The molecule has 10 aromatic rings. The molecule has 0 saturated carbocycles. The second-order valence-corrected chi connectivity index (χ2v) is 18.9. The monoisotopic (exact) mass is 804 g/mol. The Labute approximate surface area is 390 Å². The second-order valence-electron chi connectivity index (χ2n) is 18.9. The quantitative estimate of drug-likeness (QED) is 0.153. The van der Waals surface area contributed by atoms with Gasteiger partial charge in [-0.25, -0.2) is 0 Å². The largest absolute Gasteiger partial charge is 0.310 e. The molecule has 0 amide bonds. The van der Waals surface area contributed by atoms with Crippen LogP contribution in [0.2, 0.25) is 0 Å². The minimum absolute atomic E-state index is 1.20. The third-order valence-electron chi connectivity index (χ3n) is 16.0. The Balaban J connectivity index is 1.31. The lowest BCUT2D eigenvalue weighted by atomic mass is 9.61. The van der Waals surface area contributed by atoms with Gasteiger partial charge in [-0.1, -0.05) is 150 Å². The molecule has 0 spiro atoms. The van der Waals surface area contributed by atoms with Gasteiger partial charge in [0.05, 0.1) is 0 Å². The van der Waals surface area contributed by atoms with Crippen molar-refractivity contribution in [2.45, 2.75) is 0 Å². The Morgan fingerprint density at radius 1 is 0.219 bits per heavy atom. The lowest BCUT2D eigenvalue weighted by molar-refractivity contribution is 1.19. The average Bonchev–Trinajstić information content (AvgIpc) is 3.88. The molecular formula is C48H46B14N2. The van der Waals surface area contributed by atoms with Gasteiger partial charge in [0.25, 0.3) is 0 Å². The van der Waals surface area contributed by atoms with Crippen LogP contribution in [0, 0.1) is 0 Å². The van der Waals surface area contributed by atoms with Gasteiger partial charge in [-0.3, -0.25) is 0 Å². The molecule has 2 aromatic heterocycles. The molecule has 64 heavy (non-hydrogen) atoms. The number of nitrogens with zero attached hydrogens (tertiary/aromatic N) is 2. The number of fused-ring (bicyclic) bond motifs is 6. The van der Waals surface area contributed by atoms with Crippen LogP contribution < -0.4 is 76.5 Å². The highest BCUT2D eigenvalue weighted by Gasteiger charge is 2.29. The maximum absolute atomic E-state index is 2.59. The summed E-state index contributed by atoms with van der Waals surface area (Å²) in [7, 11) is 32.9. The van der Waals surface area contributed by atoms with E-state index in [0.29, 0.717) is 0 Å². The summed E-state index contributed by atoms with van der Waals surface area (Å²) in [6.45, 7) is 0. The molecule has 2 heterocycles. The van der Waals surface area contributed by atoms with Crippen LogP contribution in [0.15, 0.2) is 109 Å². The predicted molar refractivity (Wildman–Crippen MR) is 326 cm³/mol. The van der Waals surface area contributed by atoms with Crippen molar-refractivity contribution in [2.24, 2.45) is 0 Å². The van der Waals surface area contributed by atoms with Gasteiger partial charge in [0, 0.05) is 44.2 Å². The molecule has 8 aromatic carbocycles. The molecule has 10 rings (SSSR count). The van der Waals surface area contributed by atoms with Crippen molar-refractivity contribution < 1.29 is 0 Å². The molecule has 0 unspecified atom stereocenters. The minimum Gasteiger partial charge on any atom is -0.310 e. The van der Waals surface area contributed by atoms with E-state index in [-0.39, 0.29) is 0 Å². The van der Waals surface area contributed by atoms with Gasteiger partial charge in [-0.05, 0) is 68.4 Å². The number of aromatic nitrogens is 2. The van der Waals surface area contributed by atoms with Crippen LogP contribution in [0.25, 0.3) is 88.4 Å². The van der Waals surface area contributed by atoms with Crippen molar-refractivity contribution in [2.75, 3.05) is 0 Å². The zero-order chi connectivity index (χ0) is 45.2. The predicted octanol–water partition coefficient (Wildman–Crippen LogP) is -11.5. The summed E-state index contributed by atoms with van der Waals surface area (Å²) in [5, 5.41) is 5.51. The first kappa shape index (κ1) is 42.2. The molecule has 2 nitrogen and oxygen atoms in total. The van der Waals surface area contributed by atoms with Crippen LogP contribution in [0.5, 0.6) is 0 Å². The van der Waals surface area contributed by atoms with Crippen molar-refractivity contribution in [1.82, 2.24) is 9.13 Å². The van der Waals surface area contributed by atoms with E-state index in [1.54, 1.807) is 0 Å². The van der Waals surface area contributed by atoms with Crippen molar-refractivity contribution in [3.63, 3.8) is 0 Å². The van der Waals surface area contributed by atoms with E-state index in [4.69, 9.17) is 0 Å². The molecule has 0 fully saturated rings. The topological polar surface area (TPSA) is 9.86 Å². The van der Waals surface area contributed by atoms with E-state index < -0.39 is 0 Å². The first-order valence-corrected chi connectivity index (χ1v) is 23.1. The number of hydrogen-bond donors (Lipinski definition) is 0. The fourth-order valence-electron chi connectivity index (χ4n) is 11.6. The third kappa shape index (κ3) is 5.93. The van der Waals surface area contributed by atoms with Crippen molar-refractivity contribution in [3.05, 3.63) is 109 Å². The summed E-state index contributed by atoms with van der Waals surface area (Å²) in [6, 6.07) is 39.9. The number of benzene rings is 8. The van der Waals surface area contributed by atoms with Gasteiger partial charge in [-0.15, -0.1) is 10.9 Å². The zero-order valence-electron chi connectivity index (χ0n) is 40.3. The maximum Gasteiger partial charge on any atom is 0.141 e. The van der Waals surface area contributed by atoms with Gasteiger partial charge in [-0.2, -0.15) is 0 Å². The Hall–Kier alpha value is -5.73. The average molecular weight is 802 g/mol. The van der Waals surface area contributed by atoms with Crippen LogP contribution in [0.4, 0.5) is 0 Å². The first-order valence-electron chi connectivity index (χ1n) is 23.1. The molecule has 290 valence electrons. The zero-order valence-corrected chi connectivity index (χ0v) is 40.3. The molecule has 0 saturated heterocycles. The molecular weight excluding hydrogens is 756 g/mol. The summed E-state index contributed by atoms with van der Waals surface area (Å²) in [4.78, 5) is 0. The normalized spacial score (nSPS) is 11.7. The lowest BCUT2D eigenvalue weighted by Crippen LogP contribution is -2.48. The third-order valence-corrected chi connectivity index (χ3v) is 16.0. The SMILES string of the molecule is Bc1c(B)c(B)c2c(c1B)c1c(B)c(-c3c(B)c(B)c4c(c3B)c3c(B)c(B)c(B)c(B)c3n4-c3ccc(-c4ccccc4)cc3)c(B)c(B)c1n2-c1ccc(-c2ccccc2)cc1. The smallest absolute Gasteiger partial charge is 0.141 e. The summed E-state index contributed by atoms with van der Waals surface area (Å²) < 4.78 is 5.19. The van der Waals surface area contributed by atoms with E-state index in [1.807, 2.05) is 0 Å². The molecule has 16 heteroatoms. The summed E-state index contributed by atoms with van der Waals surface area (Å²) in [6.07, 6.45) is 0. The van der Waals surface area contributed by atoms with E-state index in [1.165, 1.54) is 165 Å². The summed E-state index contributed by atoms with van der Waals surface area (Å²) in [5.41, 5.74) is 34.4. The highest BCUT2D eigenvalue weighted by molar-refractivity contribution is 6.72. The van der Waals surface area contributed by atoms with Crippen LogP contribution in [-0.2, 0) is 0 Å². The van der Waals surface area contributed by atoms with Gasteiger partial charge in [0.2, 0.25) is 0 Å². The van der Waals surface area contributed by atoms with Crippen molar-refractivity contribution in [1.29, 1.82) is 0 Å². The fourth-order valence-corrected chi connectivity index (χ4v) is 11.6. The molecule has 0 aliphatic heterocycles. The molecule has 0 N–H and O–H groups in total. The highest BCUT2D eigenvalue weighted by atomic mass is 15.0. The van der Waals surface area contributed by atoms with Gasteiger partial charge in [0.1, 0.15) is 110 Å². The van der Waals surface area contributed by atoms with Gasteiger partial charge in [0.15, 0.2) is 0 Å². The molecule has 0 bridgehead atoms. The Morgan fingerprint density at radius 2 is 0.469 bits per heavy atom. The fraction of sp³-hybridized carbons (Fsp3) is 0. The summed E-state index contributed by atoms with van der Waals surface area (Å²) >= 11 is 0. The Kier molecular flexibility index (Phi) is 10.2. The van der Waals surface area contributed by atoms with Crippen LogP contribution >= 0.6 is 0 Å². The Bertz CT molecular complexity index is 3380. The van der Waals surface area contributed by atoms with E-state index in [0.717, 1.165) is 0 Å². The molecule has 0 aliphatic rings. The van der Waals surface area contributed by atoms with Crippen LogP contribution in [-0.4, -0.2) is 119 Å². The molecule has 0 radical (unpaired) electrons. The van der Waals surface area contributed by atoms with E-state index >= 15 is 0 Å². The molecule has 0 atom stereocenters. The van der Waals surface area contributed by atoms with E-state index in [9.17, 15) is 0 Å². The number of hydrogen-bond acceptors (Lipinski definition) is 0. The van der Waals surface area contributed by atoms with Crippen LogP contribution in [0.1, 0.15) is 0 Å². The highest BCUT2D eigenvalue weighted by Crippen LogP contribution is 2.33. The number of rotatable bonds is 5. The molecule has 0 aliphatic carbocycles. The van der Waals surface area contributed by atoms with Gasteiger partial charge < -0.3 is 9.13 Å².